The average Bonchev–Trinajstić information content (AvgIpc) is 3.67. The molecule has 1 N–H and O–H groups in total. The number of benzene rings is 3. The molecule has 0 saturated carbocycles. The van der Waals surface area contributed by atoms with Crippen LogP contribution in [0.4, 0.5) is 11.4 Å². The van der Waals surface area contributed by atoms with E-state index in [2.05, 4.69) is 29.1 Å². The van der Waals surface area contributed by atoms with Crippen LogP contribution < -0.4 is 9.80 Å². The number of halogens is 2. The highest BCUT2D eigenvalue weighted by Gasteiger charge is 2.77. The van der Waals surface area contributed by atoms with Crippen molar-refractivity contribution >= 4 is 56.6 Å². The summed E-state index contributed by atoms with van der Waals surface area (Å²) in [6.45, 7) is 9.52. The molecule has 0 radical (unpaired) electrons. The monoisotopic (exact) mass is 717 g/mol. The predicted octanol–water partition coefficient (Wildman–Crippen LogP) is 5.87. The third-order valence-corrected chi connectivity index (χ3v) is 10.8. The van der Waals surface area contributed by atoms with E-state index in [0.717, 1.165) is 5.56 Å². The van der Waals surface area contributed by atoms with Crippen molar-refractivity contribution in [2.24, 2.45) is 11.8 Å². The zero-order valence-electron chi connectivity index (χ0n) is 26.0. The number of rotatable bonds is 11. The van der Waals surface area contributed by atoms with E-state index in [1.54, 1.807) is 23.1 Å². The Morgan fingerprint density at radius 3 is 2.28 bits per heavy atom. The van der Waals surface area contributed by atoms with Crippen LogP contribution in [0.5, 0.6) is 0 Å². The molecule has 1 spiro atoms. The maximum absolute atomic E-state index is 15.2. The number of hydrogen-bond acceptors (Lipinski definition) is 5. The highest BCUT2D eigenvalue weighted by atomic mass is 79.9. The second kappa shape index (κ2) is 13.4. The van der Waals surface area contributed by atoms with Crippen molar-refractivity contribution in [3.8, 4) is 0 Å². The Morgan fingerprint density at radius 2 is 1.66 bits per heavy atom. The molecule has 244 valence electrons. The van der Waals surface area contributed by atoms with E-state index in [1.165, 1.54) is 9.80 Å². The van der Waals surface area contributed by atoms with E-state index < -0.39 is 54.0 Å². The summed E-state index contributed by atoms with van der Waals surface area (Å²) in [5, 5.41) is 11.2. The lowest BCUT2D eigenvalue weighted by Gasteiger charge is -2.40. The molecule has 0 aliphatic carbocycles. The van der Waals surface area contributed by atoms with Gasteiger partial charge in [-0.15, -0.1) is 13.2 Å². The third kappa shape index (κ3) is 5.43. The molecule has 3 aliphatic heterocycles. The summed E-state index contributed by atoms with van der Waals surface area (Å²) in [5.41, 5.74) is 1.24. The van der Waals surface area contributed by atoms with Gasteiger partial charge in [-0.25, -0.2) is 0 Å². The van der Waals surface area contributed by atoms with Crippen LogP contribution in [0.25, 0.3) is 0 Å². The van der Waals surface area contributed by atoms with E-state index in [9.17, 15) is 14.7 Å². The molecular weight excluding hydrogens is 682 g/mol. The molecule has 3 saturated heterocycles. The zero-order valence-corrected chi connectivity index (χ0v) is 28.4. The van der Waals surface area contributed by atoms with Gasteiger partial charge < -0.3 is 24.5 Å². The van der Waals surface area contributed by atoms with Crippen molar-refractivity contribution in [3.05, 3.63) is 120 Å². The molecule has 47 heavy (non-hydrogen) atoms. The van der Waals surface area contributed by atoms with Gasteiger partial charge in [0.25, 0.3) is 5.91 Å². The summed E-state index contributed by atoms with van der Waals surface area (Å²) >= 11 is 10.5. The number of nitrogens with zero attached hydrogens (tertiary/aromatic N) is 3. The van der Waals surface area contributed by atoms with Crippen molar-refractivity contribution in [1.29, 1.82) is 0 Å². The van der Waals surface area contributed by atoms with E-state index in [0.29, 0.717) is 28.4 Å². The van der Waals surface area contributed by atoms with Gasteiger partial charge in [0.1, 0.15) is 11.6 Å². The van der Waals surface area contributed by atoms with Gasteiger partial charge in [0.2, 0.25) is 11.8 Å². The molecule has 3 aliphatic rings. The molecule has 6 rings (SSSR count). The molecule has 0 aromatic heterocycles. The number of aryl methyl sites for hydroxylation is 1. The first-order chi connectivity index (χ1) is 22.7. The molecule has 3 fully saturated rings. The van der Waals surface area contributed by atoms with Crippen LogP contribution in [0.3, 0.4) is 0 Å². The van der Waals surface area contributed by atoms with Crippen molar-refractivity contribution in [3.63, 3.8) is 0 Å². The van der Waals surface area contributed by atoms with Crippen molar-refractivity contribution in [1.82, 2.24) is 4.90 Å². The molecule has 3 aromatic rings. The van der Waals surface area contributed by atoms with Crippen LogP contribution in [-0.4, -0.2) is 70.0 Å². The molecule has 7 atom stereocenters. The van der Waals surface area contributed by atoms with Crippen LogP contribution >= 0.6 is 27.5 Å². The minimum atomic E-state index is -1.36. The highest BCUT2D eigenvalue weighted by molar-refractivity contribution is 9.09. The minimum Gasteiger partial charge on any atom is -0.394 e. The molecule has 3 amide bonds. The largest absolute Gasteiger partial charge is 0.394 e. The number of alkyl halides is 1. The first-order valence-corrected chi connectivity index (χ1v) is 16.9. The summed E-state index contributed by atoms with van der Waals surface area (Å²) in [7, 11) is 0. The second-order valence-electron chi connectivity index (χ2n) is 12.2. The number of likely N-dealkylation sites (tertiary alicyclic amines) is 1. The van der Waals surface area contributed by atoms with Gasteiger partial charge in [-0.3, -0.25) is 14.4 Å². The minimum absolute atomic E-state index is 0.114. The van der Waals surface area contributed by atoms with E-state index in [1.807, 2.05) is 79.7 Å². The summed E-state index contributed by atoms with van der Waals surface area (Å²) in [4.78, 5) is 49.0. The predicted molar refractivity (Wildman–Crippen MR) is 187 cm³/mol. The molecule has 2 bridgehead atoms. The van der Waals surface area contributed by atoms with Gasteiger partial charge >= 0.3 is 0 Å². The number of amides is 3. The van der Waals surface area contributed by atoms with Crippen LogP contribution in [-0.2, 0) is 19.1 Å². The maximum Gasteiger partial charge on any atom is 0.253 e. The fourth-order valence-corrected chi connectivity index (χ4v) is 9.03. The van der Waals surface area contributed by atoms with Gasteiger partial charge in [0, 0.05) is 23.6 Å². The van der Waals surface area contributed by atoms with Gasteiger partial charge in [-0.1, -0.05) is 100 Å². The van der Waals surface area contributed by atoms with Crippen LogP contribution in [0, 0.1) is 18.8 Å². The van der Waals surface area contributed by atoms with Crippen molar-refractivity contribution < 1.29 is 24.2 Å². The number of fused-ring (bicyclic) bond motifs is 1. The maximum atomic E-state index is 15.2. The van der Waals surface area contributed by atoms with Gasteiger partial charge in [0.15, 0.2) is 0 Å². The Morgan fingerprint density at radius 1 is 1.02 bits per heavy atom. The van der Waals surface area contributed by atoms with Gasteiger partial charge in [-0.05, 0) is 42.7 Å². The molecule has 3 unspecified atom stereocenters. The quantitative estimate of drug-likeness (QED) is 0.198. The van der Waals surface area contributed by atoms with E-state index in [-0.39, 0.29) is 23.8 Å². The van der Waals surface area contributed by atoms with E-state index >= 15 is 4.79 Å². The van der Waals surface area contributed by atoms with Crippen molar-refractivity contribution in [2.75, 3.05) is 29.5 Å². The second-order valence-corrected chi connectivity index (χ2v) is 13.8. The summed E-state index contributed by atoms with van der Waals surface area (Å²) in [6.07, 6.45) is 2.90. The number of carbonyl (C=O) groups excluding carboxylic acids is 3. The standard InChI is InChI=1S/C37H37BrClN3O5/c1-4-19-40(25-16-10-7-11-17-25)34(44)29-30-35(45)42(28(22-43)24-14-8-6-9-15-24)33(37(30)21-26(38)32(29)47-37)36(46)41(20-5-2)31-23(3)13-12-18-27(31)39/h4-18,26,28-30,32-33,43H,1-2,19-22H2,3H3/t26?,28-,29+,30+,32+,33?,37?/m1/s1. The fraction of sp³-hybridized carbons (Fsp3) is 0.324. The number of aliphatic hydroxyl groups excluding tert-OH is 1. The van der Waals surface area contributed by atoms with Gasteiger partial charge in [-0.2, -0.15) is 0 Å². The Balaban J connectivity index is 1.52. The molecule has 8 nitrogen and oxygen atoms in total. The Hall–Kier alpha value is -3.76. The summed E-state index contributed by atoms with van der Waals surface area (Å²) in [5.74, 6) is -3.00. The Bertz CT molecular complexity index is 1670. The SMILES string of the molecule is C=CCN(C(=O)[C@H]1[C@H]2C(=O)N([C@H](CO)c3ccccc3)C(C(=O)N(CC=C)c3c(C)cccc3Cl)C23CC(Br)[C@@H]1O3)c1ccccc1. The lowest BCUT2D eigenvalue weighted by molar-refractivity contribution is -0.144. The number of carbonyl (C=O) groups is 3. The first-order valence-electron chi connectivity index (χ1n) is 15.6. The first kappa shape index (κ1) is 33.2. The fourth-order valence-electron chi connectivity index (χ4n) is 7.77. The molecular formula is C37H37BrClN3O5. The molecule has 3 aromatic carbocycles. The number of aliphatic hydroxyl groups is 1. The van der Waals surface area contributed by atoms with Gasteiger partial charge in [0.05, 0.1) is 41.3 Å². The zero-order chi connectivity index (χ0) is 33.5. The number of ether oxygens (including phenoxy) is 1. The Kier molecular flexibility index (Phi) is 9.45. The van der Waals surface area contributed by atoms with Crippen molar-refractivity contribution in [2.45, 2.75) is 42.0 Å². The lowest BCUT2D eigenvalue weighted by Crippen LogP contribution is -2.58. The highest BCUT2D eigenvalue weighted by Crippen LogP contribution is 2.62. The van der Waals surface area contributed by atoms with Crippen LogP contribution in [0.15, 0.2) is 104 Å². The molecule has 3 heterocycles. The lowest BCUT2D eigenvalue weighted by atomic mass is 9.70. The average molecular weight is 719 g/mol. The van der Waals surface area contributed by atoms with Crippen LogP contribution in [0.2, 0.25) is 5.02 Å². The smallest absolute Gasteiger partial charge is 0.253 e. The summed E-state index contributed by atoms with van der Waals surface area (Å²) in [6, 6.07) is 21.7. The topological polar surface area (TPSA) is 90.4 Å². The van der Waals surface area contributed by atoms with Crippen LogP contribution in [0.1, 0.15) is 23.6 Å². The number of hydrogen-bond donors (Lipinski definition) is 1. The van der Waals surface area contributed by atoms with E-state index in [4.69, 9.17) is 16.3 Å². The number of anilines is 2. The summed E-state index contributed by atoms with van der Waals surface area (Å²) < 4.78 is 6.81. The Labute approximate surface area is 288 Å². The normalized spacial score (nSPS) is 26.5. The molecule has 10 heteroatoms. The third-order valence-electron chi connectivity index (χ3n) is 9.62. The number of para-hydroxylation sites is 2.